The van der Waals surface area contributed by atoms with Crippen LogP contribution in [-0.2, 0) is 0 Å². The van der Waals surface area contributed by atoms with Crippen molar-refractivity contribution in [2.45, 2.75) is 13.8 Å². The highest BCUT2D eigenvalue weighted by molar-refractivity contribution is 5.37. The van der Waals surface area contributed by atoms with Crippen LogP contribution in [0.25, 0.3) is 0 Å². The number of nitrogens with one attached hydrogen (secondary N) is 1. The largest absolute Gasteiger partial charge is 0.359 e. The highest BCUT2D eigenvalue weighted by atomic mass is 15.2. The Kier molecular flexibility index (Phi) is 4.56. The van der Waals surface area contributed by atoms with E-state index < -0.39 is 0 Å². The Labute approximate surface area is 92.5 Å². The van der Waals surface area contributed by atoms with Gasteiger partial charge in [0.05, 0.1) is 0 Å². The SMILES string of the molecule is CNCC(C)CN(C)c1ccc(C)cn1. The average Bonchev–Trinajstić information content (AvgIpc) is 2.18. The van der Waals surface area contributed by atoms with Crippen LogP contribution in [0.5, 0.6) is 0 Å². The number of rotatable bonds is 5. The third kappa shape index (κ3) is 3.88. The maximum atomic E-state index is 4.40. The van der Waals surface area contributed by atoms with Gasteiger partial charge in [-0.1, -0.05) is 13.0 Å². The quantitative estimate of drug-likeness (QED) is 0.796. The van der Waals surface area contributed by atoms with E-state index in [0.29, 0.717) is 5.92 Å². The molecule has 1 aromatic rings. The standard InChI is InChI=1S/C12H21N3/c1-10-5-6-12(14-8-10)15(4)9-11(2)7-13-3/h5-6,8,11,13H,7,9H2,1-4H3. The van der Waals surface area contributed by atoms with Gasteiger partial charge in [-0.25, -0.2) is 4.98 Å². The zero-order valence-electron chi connectivity index (χ0n) is 10.1. The van der Waals surface area contributed by atoms with Gasteiger partial charge >= 0.3 is 0 Å². The van der Waals surface area contributed by atoms with Crippen molar-refractivity contribution in [3.63, 3.8) is 0 Å². The lowest BCUT2D eigenvalue weighted by atomic mass is 10.1. The van der Waals surface area contributed by atoms with Crippen molar-refractivity contribution in [1.29, 1.82) is 0 Å². The predicted octanol–water partition coefficient (Wildman–Crippen LogP) is 1.68. The van der Waals surface area contributed by atoms with Crippen LogP contribution in [0.1, 0.15) is 12.5 Å². The molecule has 0 bridgehead atoms. The minimum atomic E-state index is 0.628. The summed E-state index contributed by atoms with van der Waals surface area (Å²) in [5, 5.41) is 3.19. The first-order valence-corrected chi connectivity index (χ1v) is 5.42. The fourth-order valence-corrected chi connectivity index (χ4v) is 1.66. The molecule has 0 amide bonds. The molecule has 1 heterocycles. The first-order chi connectivity index (χ1) is 7.13. The van der Waals surface area contributed by atoms with Crippen molar-refractivity contribution in [3.8, 4) is 0 Å². The second-order valence-corrected chi connectivity index (χ2v) is 4.24. The van der Waals surface area contributed by atoms with Gasteiger partial charge in [-0.2, -0.15) is 0 Å². The molecule has 0 aliphatic heterocycles. The number of hydrogen-bond acceptors (Lipinski definition) is 3. The molecule has 0 aliphatic rings. The number of aryl methyl sites for hydroxylation is 1. The summed E-state index contributed by atoms with van der Waals surface area (Å²) in [4.78, 5) is 6.59. The lowest BCUT2D eigenvalue weighted by Gasteiger charge is -2.22. The molecule has 0 aromatic carbocycles. The second-order valence-electron chi connectivity index (χ2n) is 4.24. The molecule has 0 aliphatic carbocycles. The van der Waals surface area contributed by atoms with Crippen LogP contribution in [-0.4, -0.2) is 32.2 Å². The minimum Gasteiger partial charge on any atom is -0.359 e. The fourth-order valence-electron chi connectivity index (χ4n) is 1.66. The minimum absolute atomic E-state index is 0.628. The van der Waals surface area contributed by atoms with Crippen LogP contribution < -0.4 is 10.2 Å². The number of nitrogens with zero attached hydrogens (tertiary/aromatic N) is 2. The van der Waals surface area contributed by atoms with Gasteiger partial charge in [0.2, 0.25) is 0 Å². The van der Waals surface area contributed by atoms with Crippen LogP contribution in [0.4, 0.5) is 5.82 Å². The van der Waals surface area contributed by atoms with E-state index in [1.165, 1.54) is 5.56 Å². The van der Waals surface area contributed by atoms with Gasteiger partial charge in [0, 0.05) is 19.8 Å². The highest BCUT2D eigenvalue weighted by Crippen LogP contribution is 2.10. The number of anilines is 1. The first kappa shape index (κ1) is 12.0. The van der Waals surface area contributed by atoms with Crippen LogP contribution >= 0.6 is 0 Å². The molecular weight excluding hydrogens is 186 g/mol. The van der Waals surface area contributed by atoms with Crippen LogP contribution in [0.3, 0.4) is 0 Å². The molecule has 1 aromatic heterocycles. The Balaban J connectivity index is 2.53. The van der Waals surface area contributed by atoms with E-state index in [-0.39, 0.29) is 0 Å². The number of aromatic nitrogens is 1. The van der Waals surface area contributed by atoms with Gasteiger partial charge < -0.3 is 10.2 Å². The topological polar surface area (TPSA) is 28.2 Å². The predicted molar refractivity (Wildman–Crippen MR) is 65.3 cm³/mol. The Morgan fingerprint density at radius 2 is 2.20 bits per heavy atom. The van der Waals surface area contributed by atoms with E-state index in [4.69, 9.17) is 0 Å². The summed E-state index contributed by atoms with van der Waals surface area (Å²) in [6, 6.07) is 4.17. The molecule has 0 saturated carbocycles. The summed E-state index contributed by atoms with van der Waals surface area (Å²) in [5.41, 5.74) is 1.20. The van der Waals surface area contributed by atoms with Gasteiger partial charge in [-0.3, -0.25) is 0 Å². The van der Waals surface area contributed by atoms with Crippen LogP contribution in [0.15, 0.2) is 18.3 Å². The average molecular weight is 207 g/mol. The fraction of sp³-hybridized carbons (Fsp3) is 0.583. The number of hydrogen-bond donors (Lipinski definition) is 1. The molecule has 1 rings (SSSR count). The van der Waals surface area contributed by atoms with E-state index in [1.807, 2.05) is 13.2 Å². The van der Waals surface area contributed by atoms with Gasteiger partial charge in [-0.05, 0) is 38.1 Å². The molecule has 1 N–H and O–H groups in total. The summed E-state index contributed by atoms with van der Waals surface area (Å²) in [6.07, 6.45) is 1.91. The molecule has 0 fully saturated rings. The molecular formula is C12H21N3. The van der Waals surface area contributed by atoms with E-state index in [9.17, 15) is 0 Å². The van der Waals surface area contributed by atoms with Crippen molar-refractivity contribution in [3.05, 3.63) is 23.9 Å². The van der Waals surface area contributed by atoms with Crippen LogP contribution in [0, 0.1) is 12.8 Å². The van der Waals surface area contributed by atoms with E-state index in [0.717, 1.165) is 18.9 Å². The molecule has 1 unspecified atom stereocenters. The molecule has 0 radical (unpaired) electrons. The zero-order valence-corrected chi connectivity index (χ0v) is 10.1. The third-order valence-corrected chi connectivity index (χ3v) is 2.42. The Morgan fingerprint density at radius 1 is 1.47 bits per heavy atom. The Hall–Kier alpha value is -1.09. The molecule has 0 spiro atoms. The molecule has 3 heteroatoms. The van der Waals surface area contributed by atoms with Gasteiger partial charge in [-0.15, -0.1) is 0 Å². The Bertz CT molecular complexity index is 281. The van der Waals surface area contributed by atoms with E-state index in [1.54, 1.807) is 0 Å². The maximum absolute atomic E-state index is 4.40. The van der Waals surface area contributed by atoms with Gasteiger partial charge in [0.1, 0.15) is 5.82 Å². The molecule has 84 valence electrons. The van der Waals surface area contributed by atoms with Gasteiger partial charge in [0.15, 0.2) is 0 Å². The van der Waals surface area contributed by atoms with Crippen molar-refractivity contribution >= 4 is 5.82 Å². The summed E-state index contributed by atoms with van der Waals surface area (Å²) in [6.45, 7) is 6.36. The Morgan fingerprint density at radius 3 is 2.73 bits per heavy atom. The summed E-state index contributed by atoms with van der Waals surface area (Å²) >= 11 is 0. The summed E-state index contributed by atoms with van der Waals surface area (Å²) in [7, 11) is 4.07. The lowest BCUT2D eigenvalue weighted by molar-refractivity contribution is 0.541. The molecule has 0 saturated heterocycles. The summed E-state index contributed by atoms with van der Waals surface area (Å²) < 4.78 is 0. The number of pyridine rings is 1. The van der Waals surface area contributed by atoms with E-state index in [2.05, 4.69) is 48.2 Å². The first-order valence-electron chi connectivity index (χ1n) is 5.42. The third-order valence-electron chi connectivity index (χ3n) is 2.42. The second kappa shape index (κ2) is 5.71. The molecule has 15 heavy (non-hydrogen) atoms. The normalized spacial score (nSPS) is 12.5. The van der Waals surface area contributed by atoms with Crippen molar-refractivity contribution in [2.24, 2.45) is 5.92 Å². The zero-order chi connectivity index (χ0) is 11.3. The van der Waals surface area contributed by atoms with Crippen LogP contribution in [0.2, 0.25) is 0 Å². The molecule has 3 nitrogen and oxygen atoms in total. The monoisotopic (exact) mass is 207 g/mol. The maximum Gasteiger partial charge on any atom is 0.128 e. The van der Waals surface area contributed by atoms with Crippen molar-refractivity contribution < 1.29 is 0 Å². The highest BCUT2D eigenvalue weighted by Gasteiger charge is 2.06. The smallest absolute Gasteiger partial charge is 0.128 e. The van der Waals surface area contributed by atoms with Gasteiger partial charge in [0.25, 0.3) is 0 Å². The summed E-state index contributed by atoms with van der Waals surface area (Å²) in [5.74, 6) is 1.67. The van der Waals surface area contributed by atoms with E-state index >= 15 is 0 Å². The lowest BCUT2D eigenvalue weighted by Crippen LogP contribution is -2.30. The van der Waals surface area contributed by atoms with Crippen molar-refractivity contribution in [2.75, 3.05) is 32.1 Å². The van der Waals surface area contributed by atoms with Crippen molar-refractivity contribution in [1.82, 2.24) is 10.3 Å². The molecule has 1 atom stereocenters.